The Balaban J connectivity index is 2.01. The zero-order valence-corrected chi connectivity index (χ0v) is 14.0. The first-order valence-electron chi connectivity index (χ1n) is 7.96. The first-order valence-corrected chi connectivity index (χ1v) is 7.96. The van der Waals surface area contributed by atoms with Gasteiger partial charge in [0.2, 0.25) is 0 Å². The molecule has 0 aromatic heterocycles. The molecule has 2 atom stereocenters. The van der Waals surface area contributed by atoms with Crippen LogP contribution in [0.5, 0.6) is 0 Å². The molecule has 0 aliphatic carbocycles. The summed E-state index contributed by atoms with van der Waals surface area (Å²) < 4.78 is 10.8. The highest BCUT2D eigenvalue weighted by Gasteiger charge is 2.21. The predicted molar refractivity (Wildman–Crippen MR) is 84.7 cm³/mol. The maximum absolute atomic E-state index is 9.85. The van der Waals surface area contributed by atoms with Crippen molar-refractivity contribution in [2.24, 2.45) is 0 Å². The van der Waals surface area contributed by atoms with E-state index in [1.54, 1.807) is 0 Å². The van der Waals surface area contributed by atoms with Gasteiger partial charge in [-0.05, 0) is 27.9 Å². The van der Waals surface area contributed by atoms with Crippen molar-refractivity contribution in [3.63, 3.8) is 0 Å². The largest absolute Gasteiger partial charge is 0.389 e. The van der Waals surface area contributed by atoms with Crippen LogP contribution in [0.15, 0.2) is 0 Å². The summed E-state index contributed by atoms with van der Waals surface area (Å²) in [6.45, 7) is 10.2. The number of piperazine rings is 1. The molecule has 0 radical (unpaired) electrons. The molecule has 6 heteroatoms. The second-order valence-electron chi connectivity index (χ2n) is 6.20. The molecule has 1 aliphatic rings. The lowest BCUT2D eigenvalue weighted by atomic mass is 10.2. The summed E-state index contributed by atoms with van der Waals surface area (Å²) in [6, 6.07) is 0.510. The van der Waals surface area contributed by atoms with Crippen LogP contribution < -0.4 is 5.32 Å². The van der Waals surface area contributed by atoms with Gasteiger partial charge in [0.1, 0.15) is 0 Å². The van der Waals surface area contributed by atoms with E-state index >= 15 is 0 Å². The molecule has 0 aromatic carbocycles. The minimum atomic E-state index is -0.462. The summed E-state index contributed by atoms with van der Waals surface area (Å²) >= 11 is 0. The van der Waals surface area contributed by atoms with Gasteiger partial charge in [-0.2, -0.15) is 0 Å². The zero-order valence-electron chi connectivity index (χ0n) is 14.0. The number of ether oxygens (including phenoxy) is 2. The first-order chi connectivity index (χ1) is 9.99. The second kappa shape index (κ2) is 10.5. The molecule has 0 bridgehead atoms. The number of nitrogens with zero attached hydrogens (tertiary/aromatic N) is 2. The molecule has 0 saturated carbocycles. The Hall–Kier alpha value is -0.240. The highest BCUT2D eigenvalue weighted by atomic mass is 16.5. The third-order valence-corrected chi connectivity index (χ3v) is 3.73. The van der Waals surface area contributed by atoms with Crippen LogP contribution in [0.3, 0.4) is 0 Å². The number of aliphatic hydroxyl groups is 1. The summed E-state index contributed by atoms with van der Waals surface area (Å²) in [5.74, 6) is 0. The Kier molecular flexibility index (Phi) is 9.39. The molecule has 2 N–H and O–H groups in total. The molecular formula is C15H33N3O3. The van der Waals surface area contributed by atoms with Gasteiger partial charge in [-0.15, -0.1) is 0 Å². The molecule has 21 heavy (non-hydrogen) atoms. The number of hydrogen-bond donors (Lipinski definition) is 2. The second-order valence-corrected chi connectivity index (χ2v) is 6.20. The van der Waals surface area contributed by atoms with E-state index in [0.717, 1.165) is 26.2 Å². The van der Waals surface area contributed by atoms with Gasteiger partial charge < -0.3 is 24.8 Å². The highest BCUT2D eigenvalue weighted by molar-refractivity contribution is 4.80. The molecule has 1 aliphatic heterocycles. The normalized spacial score (nSPS) is 22.9. The average Bonchev–Trinajstić information content (AvgIpc) is 2.42. The van der Waals surface area contributed by atoms with E-state index in [-0.39, 0.29) is 6.10 Å². The topological polar surface area (TPSA) is 57.2 Å². The van der Waals surface area contributed by atoms with Crippen LogP contribution in [-0.2, 0) is 9.47 Å². The Labute approximate surface area is 129 Å². The Morgan fingerprint density at radius 2 is 2.00 bits per heavy atom. The SMILES string of the molecule is CC(C)OCCOCC(O)CNCC1CN(C)CCN1C. The van der Waals surface area contributed by atoms with Gasteiger partial charge in [0.15, 0.2) is 0 Å². The van der Waals surface area contributed by atoms with Crippen LogP contribution in [0.2, 0.25) is 0 Å². The fraction of sp³-hybridized carbons (Fsp3) is 1.00. The number of likely N-dealkylation sites (N-methyl/N-ethyl adjacent to an activating group) is 2. The van der Waals surface area contributed by atoms with Crippen molar-refractivity contribution in [3.8, 4) is 0 Å². The summed E-state index contributed by atoms with van der Waals surface area (Å²) in [4.78, 5) is 4.72. The minimum absolute atomic E-state index is 0.228. The van der Waals surface area contributed by atoms with E-state index in [1.807, 2.05) is 13.8 Å². The minimum Gasteiger partial charge on any atom is -0.389 e. The maximum Gasteiger partial charge on any atom is 0.0897 e. The smallest absolute Gasteiger partial charge is 0.0897 e. The molecule has 0 spiro atoms. The van der Waals surface area contributed by atoms with Crippen molar-refractivity contribution in [3.05, 3.63) is 0 Å². The van der Waals surface area contributed by atoms with E-state index in [4.69, 9.17) is 9.47 Å². The molecule has 1 rings (SSSR count). The van der Waals surface area contributed by atoms with Gasteiger partial charge in [0, 0.05) is 38.8 Å². The van der Waals surface area contributed by atoms with E-state index < -0.39 is 6.10 Å². The molecule has 126 valence electrons. The summed E-state index contributed by atoms with van der Waals surface area (Å²) in [5.41, 5.74) is 0. The molecule has 1 heterocycles. The lowest BCUT2D eigenvalue weighted by Gasteiger charge is -2.37. The van der Waals surface area contributed by atoms with Crippen LogP contribution >= 0.6 is 0 Å². The monoisotopic (exact) mass is 303 g/mol. The molecule has 6 nitrogen and oxygen atoms in total. The van der Waals surface area contributed by atoms with Crippen molar-refractivity contribution < 1.29 is 14.6 Å². The van der Waals surface area contributed by atoms with Crippen molar-refractivity contribution in [2.45, 2.75) is 32.1 Å². The van der Waals surface area contributed by atoms with Crippen LogP contribution in [0.25, 0.3) is 0 Å². The van der Waals surface area contributed by atoms with E-state index in [1.165, 1.54) is 0 Å². The summed E-state index contributed by atoms with van der Waals surface area (Å²) in [6.07, 6.45) is -0.235. The summed E-state index contributed by atoms with van der Waals surface area (Å²) in [5, 5.41) is 13.2. The predicted octanol–water partition coefficient (Wildman–Crippen LogP) is -0.376. The Morgan fingerprint density at radius 1 is 1.24 bits per heavy atom. The van der Waals surface area contributed by atoms with Gasteiger partial charge in [-0.25, -0.2) is 0 Å². The third kappa shape index (κ3) is 8.70. The summed E-state index contributed by atoms with van der Waals surface area (Å²) in [7, 11) is 4.32. The van der Waals surface area contributed by atoms with Crippen molar-refractivity contribution in [1.29, 1.82) is 0 Å². The lowest BCUT2D eigenvalue weighted by molar-refractivity contribution is -0.0104. The van der Waals surface area contributed by atoms with Gasteiger partial charge in [0.05, 0.1) is 32.0 Å². The van der Waals surface area contributed by atoms with Crippen LogP contribution in [0.1, 0.15) is 13.8 Å². The fourth-order valence-electron chi connectivity index (χ4n) is 2.36. The van der Waals surface area contributed by atoms with E-state index in [2.05, 4.69) is 29.2 Å². The molecule has 1 fully saturated rings. The Bertz CT molecular complexity index is 267. The van der Waals surface area contributed by atoms with Gasteiger partial charge >= 0.3 is 0 Å². The average molecular weight is 303 g/mol. The molecular weight excluding hydrogens is 270 g/mol. The van der Waals surface area contributed by atoms with Crippen LogP contribution in [0.4, 0.5) is 0 Å². The number of aliphatic hydroxyl groups excluding tert-OH is 1. The van der Waals surface area contributed by atoms with Gasteiger partial charge in [-0.3, -0.25) is 4.90 Å². The van der Waals surface area contributed by atoms with Gasteiger partial charge in [0.25, 0.3) is 0 Å². The molecule has 2 unspecified atom stereocenters. The molecule has 0 aromatic rings. The molecule has 0 amide bonds. The van der Waals surface area contributed by atoms with Crippen LogP contribution in [-0.4, -0.2) is 99.8 Å². The zero-order chi connectivity index (χ0) is 15.7. The van der Waals surface area contributed by atoms with Crippen LogP contribution in [0, 0.1) is 0 Å². The lowest BCUT2D eigenvalue weighted by Crippen LogP contribution is -2.54. The van der Waals surface area contributed by atoms with Crippen molar-refractivity contribution in [1.82, 2.24) is 15.1 Å². The molecule has 1 saturated heterocycles. The maximum atomic E-state index is 9.85. The van der Waals surface area contributed by atoms with E-state index in [0.29, 0.717) is 32.4 Å². The quantitative estimate of drug-likeness (QED) is 0.537. The number of rotatable bonds is 10. The third-order valence-electron chi connectivity index (χ3n) is 3.73. The Morgan fingerprint density at radius 3 is 2.71 bits per heavy atom. The van der Waals surface area contributed by atoms with Crippen molar-refractivity contribution >= 4 is 0 Å². The number of nitrogens with one attached hydrogen (secondary N) is 1. The highest BCUT2D eigenvalue weighted by Crippen LogP contribution is 2.04. The van der Waals surface area contributed by atoms with Gasteiger partial charge in [-0.1, -0.05) is 0 Å². The number of hydrogen-bond acceptors (Lipinski definition) is 6. The fourth-order valence-corrected chi connectivity index (χ4v) is 2.36. The standard InChI is InChI=1S/C15H33N3O3/c1-13(2)21-8-7-20-12-15(19)10-16-9-14-11-17(3)5-6-18(14)4/h13-16,19H,5-12H2,1-4H3. The van der Waals surface area contributed by atoms with E-state index in [9.17, 15) is 5.11 Å². The first kappa shape index (κ1) is 18.8. The van der Waals surface area contributed by atoms with Crippen molar-refractivity contribution in [2.75, 3.05) is 66.6 Å².